The number of likely N-dealkylation sites (N-methyl/N-ethyl adjacent to an activating group) is 1. The van der Waals surface area contributed by atoms with Crippen LogP contribution in [0.25, 0.3) is 0 Å². The van der Waals surface area contributed by atoms with Crippen LogP contribution in [0.1, 0.15) is 46.5 Å². The molecule has 4 nitrogen and oxygen atoms in total. The summed E-state index contributed by atoms with van der Waals surface area (Å²) in [5.74, 6) is 0. The molecule has 0 spiro atoms. The van der Waals surface area contributed by atoms with Crippen molar-refractivity contribution >= 4 is 0 Å². The third kappa shape index (κ3) is 5.38. The maximum Gasteiger partial charge on any atom is 0.0613 e. The lowest BCUT2D eigenvalue weighted by Crippen LogP contribution is -2.48. The number of nitrogens with one attached hydrogen (secondary N) is 1. The van der Waals surface area contributed by atoms with E-state index in [0.29, 0.717) is 12.1 Å². The molecule has 2 atom stereocenters. The lowest BCUT2D eigenvalue weighted by atomic mass is 9.98. The standard InChI is InChI=1S/C15H32N2O2/c1-5-8-16-15(12-18)7-6-14(11-15)17(4)9-10-19-13(2)3/h13-14,16,18H,5-12H2,1-4H3. The van der Waals surface area contributed by atoms with E-state index in [1.54, 1.807) is 0 Å². The number of aliphatic hydroxyl groups is 1. The molecule has 1 fully saturated rings. The largest absolute Gasteiger partial charge is 0.394 e. The summed E-state index contributed by atoms with van der Waals surface area (Å²) < 4.78 is 5.61. The van der Waals surface area contributed by atoms with Crippen molar-refractivity contribution in [1.82, 2.24) is 10.2 Å². The first-order valence-electron chi connectivity index (χ1n) is 7.70. The molecule has 2 N–H and O–H groups in total. The summed E-state index contributed by atoms with van der Waals surface area (Å²) in [5.41, 5.74) is -0.0478. The molecule has 4 heteroatoms. The second-order valence-corrected chi connectivity index (χ2v) is 6.16. The number of hydrogen-bond acceptors (Lipinski definition) is 4. The van der Waals surface area contributed by atoms with Crippen molar-refractivity contribution in [2.24, 2.45) is 0 Å². The molecule has 2 unspecified atom stereocenters. The third-order valence-corrected chi connectivity index (χ3v) is 4.15. The van der Waals surface area contributed by atoms with Gasteiger partial charge in [-0.3, -0.25) is 0 Å². The molecule has 1 rings (SSSR count). The number of hydrogen-bond donors (Lipinski definition) is 2. The monoisotopic (exact) mass is 272 g/mol. The normalized spacial score (nSPS) is 27.6. The number of aliphatic hydroxyl groups excluding tert-OH is 1. The Kier molecular flexibility index (Phi) is 7.29. The molecule has 0 heterocycles. The second kappa shape index (κ2) is 8.20. The minimum atomic E-state index is -0.0478. The first-order valence-corrected chi connectivity index (χ1v) is 7.70. The predicted molar refractivity (Wildman–Crippen MR) is 79.5 cm³/mol. The highest BCUT2D eigenvalue weighted by Crippen LogP contribution is 2.32. The van der Waals surface area contributed by atoms with Gasteiger partial charge in [0.15, 0.2) is 0 Å². The van der Waals surface area contributed by atoms with Crippen LogP contribution in [0.15, 0.2) is 0 Å². The van der Waals surface area contributed by atoms with E-state index in [-0.39, 0.29) is 12.1 Å². The summed E-state index contributed by atoms with van der Waals surface area (Å²) >= 11 is 0. The molecule has 1 saturated carbocycles. The van der Waals surface area contributed by atoms with Crippen molar-refractivity contribution < 1.29 is 9.84 Å². The third-order valence-electron chi connectivity index (χ3n) is 4.15. The number of rotatable bonds is 9. The zero-order chi connectivity index (χ0) is 14.3. The maximum absolute atomic E-state index is 9.69. The van der Waals surface area contributed by atoms with Crippen LogP contribution >= 0.6 is 0 Å². The fourth-order valence-corrected chi connectivity index (χ4v) is 2.84. The summed E-state index contributed by atoms with van der Waals surface area (Å²) in [4.78, 5) is 2.38. The van der Waals surface area contributed by atoms with E-state index in [4.69, 9.17) is 4.74 Å². The fraction of sp³-hybridized carbons (Fsp3) is 1.00. The Hall–Kier alpha value is -0.160. The van der Waals surface area contributed by atoms with Gasteiger partial charge in [0.25, 0.3) is 0 Å². The van der Waals surface area contributed by atoms with E-state index in [0.717, 1.165) is 45.4 Å². The molecule has 114 valence electrons. The Morgan fingerprint density at radius 2 is 2.21 bits per heavy atom. The minimum Gasteiger partial charge on any atom is -0.394 e. The molecule has 0 radical (unpaired) electrons. The Morgan fingerprint density at radius 3 is 2.79 bits per heavy atom. The molecule has 0 saturated heterocycles. The minimum absolute atomic E-state index is 0.0478. The topological polar surface area (TPSA) is 44.7 Å². The van der Waals surface area contributed by atoms with Gasteiger partial charge in [-0.2, -0.15) is 0 Å². The smallest absolute Gasteiger partial charge is 0.0613 e. The highest BCUT2D eigenvalue weighted by atomic mass is 16.5. The number of nitrogens with zero attached hydrogens (tertiary/aromatic N) is 1. The molecule has 0 amide bonds. The fourth-order valence-electron chi connectivity index (χ4n) is 2.84. The molecule has 0 aromatic rings. The van der Waals surface area contributed by atoms with Crippen LogP contribution in [0.4, 0.5) is 0 Å². The van der Waals surface area contributed by atoms with Crippen molar-refractivity contribution in [2.45, 2.75) is 64.1 Å². The molecule has 1 aliphatic carbocycles. The van der Waals surface area contributed by atoms with Crippen LogP contribution < -0.4 is 5.32 Å². The maximum atomic E-state index is 9.69. The van der Waals surface area contributed by atoms with Crippen LogP contribution in [0, 0.1) is 0 Å². The molecule has 19 heavy (non-hydrogen) atoms. The summed E-state index contributed by atoms with van der Waals surface area (Å²) in [6.07, 6.45) is 4.70. The second-order valence-electron chi connectivity index (χ2n) is 6.16. The van der Waals surface area contributed by atoms with Gasteiger partial charge in [0.2, 0.25) is 0 Å². The lowest BCUT2D eigenvalue weighted by Gasteiger charge is -2.31. The van der Waals surface area contributed by atoms with E-state index < -0.39 is 0 Å². The molecule has 0 aliphatic heterocycles. The van der Waals surface area contributed by atoms with E-state index in [9.17, 15) is 5.11 Å². The SMILES string of the molecule is CCCNC1(CO)CCC(N(C)CCOC(C)C)C1. The highest BCUT2D eigenvalue weighted by Gasteiger charge is 2.39. The van der Waals surface area contributed by atoms with Gasteiger partial charge < -0.3 is 20.1 Å². The predicted octanol–water partition coefficient (Wildman–Crippen LogP) is 1.63. The van der Waals surface area contributed by atoms with Crippen molar-refractivity contribution in [3.63, 3.8) is 0 Å². The quantitative estimate of drug-likeness (QED) is 0.669. The Balaban J connectivity index is 2.36. The van der Waals surface area contributed by atoms with Crippen molar-refractivity contribution in [3.05, 3.63) is 0 Å². The molecule has 0 aromatic heterocycles. The van der Waals surface area contributed by atoms with Crippen LogP contribution in [-0.2, 0) is 4.74 Å². The van der Waals surface area contributed by atoms with E-state index in [2.05, 4.69) is 38.0 Å². The Morgan fingerprint density at radius 1 is 1.47 bits per heavy atom. The number of ether oxygens (including phenoxy) is 1. The lowest BCUT2D eigenvalue weighted by molar-refractivity contribution is 0.0546. The van der Waals surface area contributed by atoms with Gasteiger partial charge in [0, 0.05) is 18.1 Å². The summed E-state index contributed by atoms with van der Waals surface area (Å²) in [5, 5.41) is 13.2. The van der Waals surface area contributed by atoms with Crippen molar-refractivity contribution in [1.29, 1.82) is 0 Å². The Labute approximate surface area is 118 Å². The Bertz CT molecular complexity index is 248. The van der Waals surface area contributed by atoms with E-state index in [1.165, 1.54) is 0 Å². The zero-order valence-electron chi connectivity index (χ0n) is 13.1. The van der Waals surface area contributed by atoms with Crippen molar-refractivity contribution in [2.75, 3.05) is 33.4 Å². The molecule has 0 aromatic carbocycles. The van der Waals surface area contributed by atoms with E-state index >= 15 is 0 Å². The average Bonchev–Trinajstić information content (AvgIpc) is 2.81. The van der Waals surface area contributed by atoms with Crippen LogP contribution in [0.3, 0.4) is 0 Å². The summed E-state index contributed by atoms with van der Waals surface area (Å²) in [7, 11) is 2.17. The summed E-state index contributed by atoms with van der Waals surface area (Å²) in [6, 6.07) is 0.562. The zero-order valence-corrected chi connectivity index (χ0v) is 13.1. The molecule has 0 bridgehead atoms. The van der Waals surface area contributed by atoms with Gasteiger partial charge in [-0.15, -0.1) is 0 Å². The molecular formula is C15H32N2O2. The summed E-state index contributed by atoms with van der Waals surface area (Å²) in [6.45, 7) is 9.31. The van der Waals surface area contributed by atoms with Crippen LogP contribution in [0.5, 0.6) is 0 Å². The van der Waals surface area contributed by atoms with Gasteiger partial charge in [0.05, 0.1) is 19.3 Å². The van der Waals surface area contributed by atoms with Crippen molar-refractivity contribution in [3.8, 4) is 0 Å². The van der Waals surface area contributed by atoms with Gasteiger partial charge in [-0.25, -0.2) is 0 Å². The molecule has 1 aliphatic rings. The van der Waals surface area contributed by atoms with E-state index in [1.807, 2.05) is 0 Å². The van der Waals surface area contributed by atoms with Crippen LogP contribution in [-0.4, -0.2) is 61.0 Å². The first-order chi connectivity index (χ1) is 9.03. The first kappa shape index (κ1) is 16.9. The molecular weight excluding hydrogens is 240 g/mol. The van der Waals surface area contributed by atoms with Crippen LogP contribution in [0.2, 0.25) is 0 Å². The van der Waals surface area contributed by atoms with Gasteiger partial charge in [-0.05, 0) is 53.1 Å². The van der Waals surface area contributed by atoms with Gasteiger partial charge in [-0.1, -0.05) is 6.92 Å². The highest BCUT2D eigenvalue weighted by molar-refractivity contribution is 4.98. The van der Waals surface area contributed by atoms with Gasteiger partial charge >= 0.3 is 0 Å². The average molecular weight is 272 g/mol. The van der Waals surface area contributed by atoms with Gasteiger partial charge in [0.1, 0.15) is 0 Å².